The van der Waals surface area contributed by atoms with E-state index in [0.29, 0.717) is 43.8 Å². The molecule has 1 aliphatic carbocycles. The van der Waals surface area contributed by atoms with Gasteiger partial charge in [-0.3, -0.25) is 14.7 Å². The van der Waals surface area contributed by atoms with E-state index >= 15 is 4.39 Å². The van der Waals surface area contributed by atoms with Gasteiger partial charge in [0.2, 0.25) is 5.91 Å². The van der Waals surface area contributed by atoms with Crippen LogP contribution >= 0.6 is 0 Å². The Morgan fingerprint density at radius 1 is 1.21 bits per heavy atom. The predicted molar refractivity (Wildman–Crippen MR) is 159 cm³/mol. The van der Waals surface area contributed by atoms with Crippen molar-refractivity contribution in [1.29, 1.82) is 5.26 Å². The Hall–Kier alpha value is -4.17. The number of carbonyl (C=O) groups is 1. The first kappa shape index (κ1) is 28.9. The van der Waals surface area contributed by atoms with Gasteiger partial charge < -0.3 is 14.5 Å². The number of amides is 1. The lowest BCUT2D eigenvalue weighted by Crippen LogP contribution is -2.55. The highest BCUT2D eigenvalue weighted by atomic mass is 19.1. The Bertz CT molecular complexity index is 1590. The molecule has 0 saturated carbocycles. The smallest absolute Gasteiger partial charge is 0.319 e. The van der Waals surface area contributed by atoms with Crippen molar-refractivity contribution >= 4 is 22.6 Å². The van der Waals surface area contributed by atoms with E-state index < -0.39 is 18.0 Å². The third kappa shape index (κ3) is 5.64. The molecule has 3 atom stereocenters. The number of rotatable bonds is 7. The van der Waals surface area contributed by atoms with E-state index in [-0.39, 0.29) is 42.2 Å². The molecule has 0 N–H and O–H groups in total. The molecule has 43 heavy (non-hydrogen) atoms. The van der Waals surface area contributed by atoms with E-state index in [2.05, 4.69) is 28.7 Å². The van der Waals surface area contributed by atoms with Crippen LogP contribution in [0.15, 0.2) is 37.1 Å². The summed E-state index contributed by atoms with van der Waals surface area (Å²) < 4.78 is 36.6. The molecule has 2 fully saturated rings. The quantitative estimate of drug-likeness (QED) is 0.379. The lowest BCUT2D eigenvalue weighted by Gasteiger charge is -2.41. The number of nitrogens with zero attached hydrogens (tertiary/aromatic N) is 7. The Balaban J connectivity index is 1.42. The fourth-order valence-electron chi connectivity index (χ4n) is 6.63. The number of anilines is 1. The van der Waals surface area contributed by atoms with Gasteiger partial charge in [-0.2, -0.15) is 15.2 Å². The van der Waals surface area contributed by atoms with Gasteiger partial charge in [-0.15, -0.1) is 0 Å². The molecule has 9 nitrogen and oxygen atoms in total. The van der Waals surface area contributed by atoms with Crippen LogP contribution in [0.1, 0.15) is 36.8 Å². The molecule has 6 rings (SSSR count). The third-order valence-corrected chi connectivity index (χ3v) is 8.90. The van der Waals surface area contributed by atoms with Gasteiger partial charge >= 0.3 is 6.01 Å². The fraction of sp³-hybridized carbons (Fsp3) is 0.469. The van der Waals surface area contributed by atoms with Crippen molar-refractivity contribution in [2.45, 2.75) is 56.8 Å². The Labute approximate surface area is 249 Å². The largest absolute Gasteiger partial charge is 0.462 e. The number of halogens is 2. The van der Waals surface area contributed by atoms with Crippen LogP contribution in [0.2, 0.25) is 0 Å². The Morgan fingerprint density at radius 3 is 2.81 bits per heavy atom. The van der Waals surface area contributed by atoms with Crippen LogP contribution in [0.25, 0.3) is 22.2 Å². The van der Waals surface area contributed by atoms with Crippen LogP contribution in [0.4, 0.5) is 14.6 Å². The lowest BCUT2D eigenvalue weighted by atomic mass is 9.87. The zero-order chi connectivity index (χ0) is 30.1. The summed E-state index contributed by atoms with van der Waals surface area (Å²) in [5, 5.41) is 9.88. The molecule has 11 heteroatoms. The number of aromatic nitrogens is 3. The first-order valence-electron chi connectivity index (χ1n) is 14.9. The minimum Gasteiger partial charge on any atom is -0.462 e. The van der Waals surface area contributed by atoms with Crippen molar-refractivity contribution in [3.8, 4) is 23.3 Å². The maximum Gasteiger partial charge on any atom is 0.319 e. The number of aryl methyl sites for hydroxylation is 1. The summed E-state index contributed by atoms with van der Waals surface area (Å²) in [5.74, 6) is -0.377. The molecule has 0 radical (unpaired) electrons. The molecule has 1 unspecified atom stereocenters. The Kier molecular flexibility index (Phi) is 8.21. The summed E-state index contributed by atoms with van der Waals surface area (Å²) in [6.07, 6.45) is 6.37. The van der Waals surface area contributed by atoms with Crippen molar-refractivity contribution < 1.29 is 18.3 Å². The van der Waals surface area contributed by atoms with Gasteiger partial charge in [0, 0.05) is 44.0 Å². The van der Waals surface area contributed by atoms with Crippen molar-refractivity contribution in [2.75, 3.05) is 44.7 Å². The molecule has 0 spiro atoms. The number of carbonyl (C=O) groups excluding carboxylic acids is 1. The maximum atomic E-state index is 16.5. The van der Waals surface area contributed by atoms with E-state index in [9.17, 15) is 14.4 Å². The third-order valence-electron chi connectivity index (χ3n) is 8.90. The second-order valence-electron chi connectivity index (χ2n) is 11.6. The normalized spacial score (nSPS) is 22.3. The average molecular weight is 588 g/mol. The van der Waals surface area contributed by atoms with Crippen LogP contribution < -0.4 is 9.64 Å². The molecule has 2 aliphatic heterocycles. The van der Waals surface area contributed by atoms with Crippen LogP contribution in [0.3, 0.4) is 0 Å². The number of pyridine rings is 1. The summed E-state index contributed by atoms with van der Waals surface area (Å²) in [6, 6.07) is 7.55. The molecule has 3 aliphatic rings. The highest BCUT2D eigenvalue weighted by Crippen LogP contribution is 2.36. The standard InChI is InChI=1S/C32H35F2N7O2/c1-3-27(42)41-14-13-40(18-22(41)11-12-35)31-26-16-36-29(25-10-6-8-20-7-4-5-9-24(20)25)28(34)30(26)37-32(38-31)43-19-23-15-21(33)17-39(23)2/h3,6,8,10,16,21-23H,1,4-5,7,9,11,13-15,17-19H2,2H3/t21-,22?,23+/m1/s1. The molecule has 2 saturated heterocycles. The number of ether oxygens (including phenoxy) is 1. The molecule has 3 aromatic rings. The van der Waals surface area contributed by atoms with E-state index in [1.165, 1.54) is 11.6 Å². The van der Waals surface area contributed by atoms with Crippen molar-refractivity contribution in [3.05, 3.63) is 54.0 Å². The second-order valence-corrected chi connectivity index (χ2v) is 11.6. The summed E-state index contributed by atoms with van der Waals surface area (Å²) in [5.41, 5.74) is 3.44. The number of likely N-dealkylation sites (N-methyl/N-ethyl adjacent to an activating group) is 1. The molecular formula is C32H35F2N7O2. The first-order valence-corrected chi connectivity index (χ1v) is 14.9. The Morgan fingerprint density at radius 2 is 2.05 bits per heavy atom. The zero-order valence-corrected chi connectivity index (χ0v) is 24.3. The van der Waals surface area contributed by atoms with E-state index in [0.717, 1.165) is 36.8 Å². The minimum atomic E-state index is -0.929. The van der Waals surface area contributed by atoms with Gasteiger partial charge in [-0.1, -0.05) is 24.8 Å². The number of hydrogen-bond acceptors (Lipinski definition) is 8. The van der Waals surface area contributed by atoms with Crippen LogP contribution in [0, 0.1) is 17.1 Å². The number of nitriles is 1. The lowest BCUT2D eigenvalue weighted by molar-refractivity contribution is -0.128. The van der Waals surface area contributed by atoms with E-state index in [4.69, 9.17) is 9.72 Å². The van der Waals surface area contributed by atoms with Gasteiger partial charge in [0.25, 0.3) is 0 Å². The molecule has 4 heterocycles. The van der Waals surface area contributed by atoms with Gasteiger partial charge in [0.1, 0.15) is 29.8 Å². The monoisotopic (exact) mass is 587 g/mol. The summed E-state index contributed by atoms with van der Waals surface area (Å²) in [6.45, 7) is 5.13. The summed E-state index contributed by atoms with van der Waals surface area (Å²) in [7, 11) is 1.85. The summed E-state index contributed by atoms with van der Waals surface area (Å²) >= 11 is 0. The van der Waals surface area contributed by atoms with Crippen LogP contribution in [-0.4, -0.2) is 88.7 Å². The molecule has 1 aromatic carbocycles. The van der Waals surface area contributed by atoms with Crippen molar-refractivity contribution in [2.24, 2.45) is 0 Å². The highest BCUT2D eigenvalue weighted by Gasteiger charge is 2.33. The van der Waals surface area contributed by atoms with Gasteiger partial charge in [0.05, 0.1) is 23.9 Å². The van der Waals surface area contributed by atoms with Crippen LogP contribution in [0.5, 0.6) is 6.01 Å². The van der Waals surface area contributed by atoms with Crippen LogP contribution in [-0.2, 0) is 17.6 Å². The average Bonchev–Trinajstić information content (AvgIpc) is 3.35. The summed E-state index contributed by atoms with van der Waals surface area (Å²) in [4.78, 5) is 31.8. The number of piperazine rings is 1. The molecule has 224 valence electrons. The van der Waals surface area contributed by atoms with Crippen molar-refractivity contribution in [3.63, 3.8) is 0 Å². The number of hydrogen-bond donors (Lipinski definition) is 0. The van der Waals surface area contributed by atoms with E-state index in [1.54, 1.807) is 11.1 Å². The number of alkyl halides is 1. The maximum absolute atomic E-state index is 16.5. The number of likely N-dealkylation sites (tertiary alicyclic amines) is 1. The predicted octanol–water partition coefficient (Wildman–Crippen LogP) is 4.25. The zero-order valence-electron chi connectivity index (χ0n) is 24.3. The molecule has 1 amide bonds. The number of benzene rings is 1. The first-order chi connectivity index (χ1) is 20.9. The SMILES string of the molecule is C=CC(=O)N1CCN(c2nc(OC[C@@H]3C[C@@H](F)CN3C)nc3c(F)c(-c4cccc5c4CCCC5)ncc23)CC1CC#N. The molecule has 2 aromatic heterocycles. The molecular weight excluding hydrogens is 552 g/mol. The van der Waals surface area contributed by atoms with E-state index in [1.807, 2.05) is 29.0 Å². The number of fused-ring (bicyclic) bond motifs is 2. The minimum absolute atomic E-state index is 0.00854. The second kappa shape index (κ2) is 12.2. The fourth-order valence-corrected chi connectivity index (χ4v) is 6.63. The van der Waals surface area contributed by atoms with Gasteiger partial charge in [-0.05, 0) is 56.4 Å². The van der Waals surface area contributed by atoms with Gasteiger partial charge in [0.15, 0.2) is 5.82 Å². The van der Waals surface area contributed by atoms with Gasteiger partial charge in [-0.25, -0.2) is 8.78 Å². The topological polar surface area (TPSA) is 98.5 Å². The van der Waals surface area contributed by atoms with Crippen molar-refractivity contribution in [1.82, 2.24) is 24.8 Å². The highest BCUT2D eigenvalue weighted by molar-refractivity contribution is 5.92. The molecule has 0 bridgehead atoms.